The Balaban J connectivity index is 2.82. The molecule has 7 heteroatoms. The van der Waals surface area contributed by atoms with Crippen LogP contribution in [0.15, 0.2) is 30.5 Å². The van der Waals surface area contributed by atoms with Gasteiger partial charge in [-0.1, -0.05) is 46.4 Å². The van der Waals surface area contributed by atoms with Crippen LogP contribution in [0.3, 0.4) is 0 Å². The van der Waals surface area contributed by atoms with E-state index in [1.807, 2.05) is 6.07 Å². The van der Waals surface area contributed by atoms with Gasteiger partial charge in [-0.05, 0) is 18.2 Å². The van der Waals surface area contributed by atoms with E-state index in [-0.39, 0.29) is 0 Å². The molecule has 0 fully saturated rings. The number of hydrogen-bond donors (Lipinski definition) is 1. The molecule has 18 heavy (non-hydrogen) atoms. The highest BCUT2D eigenvalue weighted by Crippen LogP contribution is 2.27. The van der Waals surface area contributed by atoms with Crippen LogP contribution in [0.1, 0.15) is 5.56 Å². The summed E-state index contributed by atoms with van der Waals surface area (Å²) < 4.78 is -2.00. The SMILES string of the molecule is N#Cc1ccc(Cl)cc1N/C=C\C(=O)C(Cl)(Cl)Cl. The Morgan fingerprint density at radius 3 is 2.61 bits per heavy atom. The topological polar surface area (TPSA) is 52.9 Å². The van der Waals surface area contributed by atoms with Crippen LogP contribution < -0.4 is 5.32 Å². The third kappa shape index (κ3) is 4.40. The molecule has 0 aliphatic rings. The number of hydrogen-bond acceptors (Lipinski definition) is 3. The predicted molar refractivity (Wildman–Crippen MR) is 74.2 cm³/mol. The van der Waals surface area contributed by atoms with Gasteiger partial charge in [-0.25, -0.2) is 0 Å². The number of rotatable bonds is 3. The first-order valence-corrected chi connectivity index (χ1v) is 6.09. The first-order chi connectivity index (χ1) is 8.34. The summed E-state index contributed by atoms with van der Waals surface area (Å²) in [7, 11) is 0. The number of anilines is 1. The van der Waals surface area contributed by atoms with Crippen molar-refractivity contribution in [3.05, 3.63) is 41.1 Å². The van der Waals surface area contributed by atoms with Crippen molar-refractivity contribution in [2.75, 3.05) is 5.32 Å². The summed E-state index contributed by atoms with van der Waals surface area (Å²) in [6.07, 6.45) is 2.34. The van der Waals surface area contributed by atoms with Crippen molar-refractivity contribution < 1.29 is 4.79 Å². The lowest BCUT2D eigenvalue weighted by Gasteiger charge is -2.06. The molecule has 0 atom stereocenters. The van der Waals surface area contributed by atoms with Crippen LogP contribution >= 0.6 is 46.4 Å². The van der Waals surface area contributed by atoms with E-state index < -0.39 is 9.58 Å². The number of halogens is 4. The number of nitrogens with zero attached hydrogens (tertiary/aromatic N) is 1. The molecular formula is C11H6Cl4N2O. The largest absolute Gasteiger partial charge is 0.360 e. The van der Waals surface area contributed by atoms with E-state index >= 15 is 0 Å². The summed E-state index contributed by atoms with van der Waals surface area (Å²) in [5.41, 5.74) is 0.837. The first kappa shape index (κ1) is 15.1. The summed E-state index contributed by atoms with van der Waals surface area (Å²) in [5.74, 6) is -0.694. The highest BCUT2D eigenvalue weighted by atomic mass is 35.6. The van der Waals surface area contributed by atoms with Crippen molar-refractivity contribution in [2.45, 2.75) is 3.79 Å². The van der Waals surface area contributed by atoms with E-state index in [1.165, 1.54) is 6.20 Å². The van der Waals surface area contributed by atoms with E-state index in [0.717, 1.165) is 6.08 Å². The molecule has 3 nitrogen and oxygen atoms in total. The normalized spacial score (nSPS) is 11.3. The van der Waals surface area contributed by atoms with Gasteiger partial charge in [0.1, 0.15) is 6.07 Å². The van der Waals surface area contributed by atoms with Crippen LogP contribution in [0.5, 0.6) is 0 Å². The van der Waals surface area contributed by atoms with Gasteiger partial charge < -0.3 is 5.32 Å². The molecule has 0 heterocycles. The lowest BCUT2D eigenvalue weighted by atomic mass is 10.2. The van der Waals surface area contributed by atoms with Crippen molar-refractivity contribution in [3.63, 3.8) is 0 Å². The molecule has 0 bridgehead atoms. The Labute approximate surface area is 124 Å². The van der Waals surface area contributed by atoms with Crippen LogP contribution in [-0.2, 0) is 4.79 Å². The van der Waals surface area contributed by atoms with Crippen LogP contribution in [0, 0.1) is 11.3 Å². The maximum atomic E-state index is 11.3. The standard InChI is InChI=1S/C11H6Cl4N2O/c12-8-2-1-7(6-16)9(5-8)17-4-3-10(18)11(13,14)15/h1-5,17H/b4-3-. The summed E-state index contributed by atoms with van der Waals surface area (Å²) >= 11 is 21.9. The van der Waals surface area contributed by atoms with Gasteiger partial charge in [0.2, 0.25) is 5.78 Å². The molecule has 94 valence electrons. The maximum absolute atomic E-state index is 11.3. The first-order valence-electron chi connectivity index (χ1n) is 4.58. The van der Waals surface area contributed by atoms with Crippen molar-refractivity contribution in [1.29, 1.82) is 5.26 Å². The third-order valence-electron chi connectivity index (χ3n) is 1.86. The molecule has 0 saturated heterocycles. The second-order valence-electron chi connectivity index (χ2n) is 3.14. The maximum Gasteiger partial charge on any atom is 0.252 e. The molecule has 0 unspecified atom stereocenters. The van der Waals surface area contributed by atoms with Crippen molar-refractivity contribution in [2.24, 2.45) is 0 Å². The van der Waals surface area contributed by atoms with E-state index in [1.54, 1.807) is 18.2 Å². The third-order valence-corrected chi connectivity index (χ3v) is 2.65. The van der Waals surface area contributed by atoms with Crippen molar-refractivity contribution in [3.8, 4) is 6.07 Å². The monoisotopic (exact) mass is 322 g/mol. The average Bonchev–Trinajstić information content (AvgIpc) is 2.28. The molecule has 1 rings (SSSR count). The van der Waals surface area contributed by atoms with Gasteiger partial charge in [0.15, 0.2) is 0 Å². The number of nitriles is 1. The number of allylic oxidation sites excluding steroid dienone is 1. The second-order valence-corrected chi connectivity index (χ2v) is 5.86. The minimum absolute atomic E-state index is 0.380. The Bertz CT molecular complexity index is 529. The van der Waals surface area contributed by atoms with Gasteiger partial charge >= 0.3 is 0 Å². The fourth-order valence-electron chi connectivity index (χ4n) is 1.04. The van der Waals surface area contributed by atoms with Crippen LogP contribution in [0.25, 0.3) is 0 Å². The summed E-state index contributed by atoms with van der Waals surface area (Å²) in [4.78, 5) is 11.3. The Kier molecular flexibility index (Phi) is 5.30. The fraction of sp³-hybridized carbons (Fsp3) is 0.0909. The molecule has 0 aliphatic carbocycles. The minimum atomic E-state index is -2.00. The van der Waals surface area contributed by atoms with Crippen LogP contribution in [0.4, 0.5) is 5.69 Å². The number of alkyl halides is 3. The highest BCUT2D eigenvalue weighted by molar-refractivity contribution is 6.77. The van der Waals surface area contributed by atoms with E-state index in [9.17, 15) is 4.79 Å². The number of benzene rings is 1. The molecule has 0 amide bonds. The van der Waals surface area contributed by atoms with Gasteiger partial charge in [0.05, 0.1) is 11.3 Å². The van der Waals surface area contributed by atoms with Crippen molar-refractivity contribution in [1.82, 2.24) is 0 Å². The van der Waals surface area contributed by atoms with E-state index in [0.29, 0.717) is 16.3 Å². The molecule has 0 aromatic heterocycles. The lowest BCUT2D eigenvalue weighted by Crippen LogP contribution is -2.15. The van der Waals surface area contributed by atoms with Gasteiger partial charge in [0.25, 0.3) is 3.79 Å². The second kappa shape index (κ2) is 6.31. The minimum Gasteiger partial charge on any atom is -0.360 e. The lowest BCUT2D eigenvalue weighted by molar-refractivity contribution is -0.113. The number of carbonyl (C=O) groups excluding carboxylic acids is 1. The Morgan fingerprint density at radius 1 is 1.39 bits per heavy atom. The van der Waals surface area contributed by atoms with Gasteiger partial charge in [-0.15, -0.1) is 0 Å². The smallest absolute Gasteiger partial charge is 0.252 e. The number of nitrogens with one attached hydrogen (secondary N) is 1. The molecule has 1 aromatic rings. The molecule has 1 aromatic carbocycles. The zero-order chi connectivity index (χ0) is 13.8. The van der Waals surface area contributed by atoms with E-state index in [2.05, 4.69) is 5.32 Å². The zero-order valence-electron chi connectivity index (χ0n) is 8.75. The van der Waals surface area contributed by atoms with Crippen LogP contribution in [-0.4, -0.2) is 9.58 Å². The highest BCUT2D eigenvalue weighted by Gasteiger charge is 2.27. The van der Waals surface area contributed by atoms with Crippen LogP contribution in [0.2, 0.25) is 5.02 Å². The number of ketones is 1. The average molecular weight is 324 g/mol. The van der Waals surface area contributed by atoms with E-state index in [4.69, 9.17) is 51.7 Å². The Morgan fingerprint density at radius 2 is 2.06 bits per heavy atom. The predicted octanol–water partition coefficient (Wildman–Crippen LogP) is 4.08. The molecule has 1 N–H and O–H groups in total. The molecule has 0 aliphatic heterocycles. The fourth-order valence-corrected chi connectivity index (χ4v) is 1.40. The summed E-state index contributed by atoms with van der Waals surface area (Å²) in [5, 5.41) is 12.0. The van der Waals surface area contributed by atoms with Gasteiger partial charge in [-0.2, -0.15) is 5.26 Å². The summed E-state index contributed by atoms with van der Waals surface area (Å²) in [6.45, 7) is 0. The Hall–Kier alpha value is -0.920. The van der Waals surface area contributed by atoms with Crippen molar-refractivity contribution >= 4 is 57.9 Å². The quantitative estimate of drug-likeness (QED) is 0.673. The molecule has 0 spiro atoms. The van der Waals surface area contributed by atoms with Gasteiger partial charge in [0, 0.05) is 17.3 Å². The van der Waals surface area contributed by atoms with Gasteiger partial charge in [-0.3, -0.25) is 4.79 Å². The number of carbonyl (C=O) groups is 1. The molecular weight excluding hydrogens is 318 g/mol. The summed E-state index contributed by atoms with van der Waals surface area (Å²) in [6, 6.07) is 6.65. The molecule has 0 saturated carbocycles. The molecule has 0 radical (unpaired) electrons. The zero-order valence-corrected chi connectivity index (χ0v) is 11.8.